The number of alkyl halides is 6. The molecule has 0 aliphatic heterocycles. The fraction of sp³-hybridized carbons (Fsp3) is 0.118. The Morgan fingerprint density at radius 3 is 1.84 bits per heavy atom. The number of carbonyl (C=O) groups is 1. The molecule has 0 bridgehead atoms. The number of halogens is 6. The van der Waals surface area contributed by atoms with Gasteiger partial charge in [-0.3, -0.25) is 4.79 Å². The van der Waals surface area contributed by atoms with Crippen molar-refractivity contribution in [3.05, 3.63) is 64.7 Å². The van der Waals surface area contributed by atoms with Gasteiger partial charge in [0, 0.05) is 5.56 Å². The van der Waals surface area contributed by atoms with Crippen LogP contribution in [0.1, 0.15) is 27.0 Å². The van der Waals surface area contributed by atoms with E-state index in [4.69, 9.17) is 0 Å². The van der Waals surface area contributed by atoms with Gasteiger partial charge in [0.15, 0.2) is 0 Å². The predicted molar refractivity (Wildman–Crippen MR) is 78.9 cm³/mol. The van der Waals surface area contributed by atoms with E-state index < -0.39 is 23.9 Å². The molecule has 25 heavy (non-hydrogen) atoms. The summed E-state index contributed by atoms with van der Waals surface area (Å²) in [7, 11) is 0. The van der Waals surface area contributed by atoms with E-state index in [2.05, 4.69) is 4.74 Å². The summed E-state index contributed by atoms with van der Waals surface area (Å²) in [4.78, 5) is 10.8. The summed E-state index contributed by atoms with van der Waals surface area (Å²) in [5.74, 6) is -0.566. The number of benzene rings is 2. The number of hydrogen-bond donors (Lipinski definition) is 0. The molecule has 2 aromatic carbocycles. The quantitative estimate of drug-likeness (QED) is 0.404. The van der Waals surface area contributed by atoms with E-state index in [1.54, 1.807) is 0 Å². The molecule has 0 aliphatic carbocycles. The van der Waals surface area contributed by atoms with Gasteiger partial charge >= 0.3 is 12.5 Å². The highest BCUT2D eigenvalue weighted by molar-refractivity contribution is 5.79. The third kappa shape index (κ3) is 5.66. The third-order valence-corrected chi connectivity index (χ3v) is 3.03. The zero-order valence-corrected chi connectivity index (χ0v) is 12.4. The van der Waals surface area contributed by atoms with Crippen LogP contribution in [0.2, 0.25) is 0 Å². The molecule has 0 fully saturated rings. The van der Waals surface area contributed by atoms with E-state index in [0.717, 1.165) is 24.3 Å². The van der Waals surface area contributed by atoms with Crippen molar-refractivity contribution in [3.63, 3.8) is 0 Å². The van der Waals surface area contributed by atoms with E-state index in [0.29, 0.717) is 11.8 Å². The summed E-state index contributed by atoms with van der Waals surface area (Å²) in [6.07, 6.45) is -6.24. The maximum atomic E-state index is 12.5. The van der Waals surface area contributed by atoms with Gasteiger partial charge in [0.2, 0.25) is 0 Å². The normalized spacial score (nSPS) is 12.4. The van der Waals surface area contributed by atoms with Crippen LogP contribution in [0.5, 0.6) is 5.75 Å². The Hall–Kier alpha value is -2.77. The molecule has 0 unspecified atom stereocenters. The monoisotopic (exact) mass is 360 g/mol. The minimum absolute atomic E-state index is 0.0335. The highest BCUT2D eigenvalue weighted by Gasteiger charge is 2.31. The van der Waals surface area contributed by atoms with E-state index >= 15 is 0 Å². The summed E-state index contributed by atoms with van der Waals surface area (Å²) in [5.41, 5.74) is -0.214. The molecular formula is C17H10F6O2. The van der Waals surface area contributed by atoms with Crippen molar-refractivity contribution in [1.29, 1.82) is 0 Å². The molecule has 0 amide bonds. The van der Waals surface area contributed by atoms with Crippen LogP contribution < -0.4 is 4.74 Å². The average molecular weight is 360 g/mol. The Bertz CT molecular complexity index is 773. The molecule has 0 saturated carbocycles. The molecule has 2 aromatic rings. The highest BCUT2D eigenvalue weighted by Crippen LogP contribution is 2.29. The second-order valence-corrected chi connectivity index (χ2v) is 4.95. The first-order chi connectivity index (χ1) is 11.6. The van der Waals surface area contributed by atoms with Gasteiger partial charge < -0.3 is 4.74 Å². The summed E-state index contributed by atoms with van der Waals surface area (Å²) in [6, 6.07) is 7.51. The first-order valence-electron chi connectivity index (χ1n) is 6.78. The number of ether oxygens (including phenoxy) is 1. The van der Waals surface area contributed by atoms with Gasteiger partial charge in [-0.15, -0.1) is 13.2 Å². The van der Waals surface area contributed by atoms with Crippen LogP contribution in [-0.2, 0) is 6.18 Å². The fourth-order valence-electron chi connectivity index (χ4n) is 1.98. The number of hydrogen-bond acceptors (Lipinski definition) is 2. The third-order valence-electron chi connectivity index (χ3n) is 3.03. The molecule has 0 aliphatic rings. The van der Waals surface area contributed by atoms with Crippen LogP contribution in [0.15, 0.2) is 42.5 Å². The standard InChI is InChI=1S/C17H10F6O2/c18-16(19,20)14-5-3-11(4-6-14)1-2-12-7-13(10-24)9-15(8-12)25-17(21,22)23/h1-10H/b2-1+. The van der Waals surface area contributed by atoms with Gasteiger partial charge in [0.25, 0.3) is 0 Å². The summed E-state index contributed by atoms with van der Waals surface area (Å²) in [5, 5.41) is 0. The second kappa shape index (κ2) is 7.00. The Balaban J connectivity index is 2.25. The topological polar surface area (TPSA) is 26.3 Å². The lowest BCUT2D eigenvalue weighted by molar-refractivity contribution is -0.274. The van der Waals surface area contributed by atoms with Crippen LogP contribution in [-0.4, -0.2) is 12.6 Å². The van der Waals surface area contributed by atoms with Crippen molar-refractivity contribution in [2.45, 2.75) is 12.5 Å². The molecule has 0 saturated heterocycles. The van der Waals surface area contributed by atoms with E-state index in [-0.39, 0.29) is 11.1 Å². The molecule has 8 heteroatoms. The summed E-state index contributed by atoms with van der Waals surface area (Å²) < 4.78 is 78.0. The molecule has 0 radical (unpaired) electrons. The molecule has 0 N–H and O–H groups in total. The first-order valence-corrected chi connectivity index (χ1v) is 6.78. The predicted octanol–water partition coefficient (Wildman–Crippen LogP) is 5.59. The van der Waals surface area contributed by atoms with Crippen molar-refractivity contribution in [3.8, 4) is 5.75 Å². The van der Waals surface area contributed by atoms with Crippen molar-refractivity contribution >= 4 is 18.4 Å². The maximum absolute atomic E-state index is 12.5. The lowest BCUT2D eigenvalue weighted by atomic mass is 10.1. The largest absolute Gasteiger partial charge is 0.573 e. The van der Waals surface area contributed by atoms with Gasteiger partial charge in [-0.2, -0.15) is 13.2 Å². The Morgan fingerprint density at radius 2 is 1.32 bits per heavy atom. The van der Waals surface area contributed by atoms with Crippen LogP contribution >= 0.6 is 0 Å². The number of aldehydes is 1. The van der Waals surface area contributed by atoms with Crippen LogP contribution in [0.4, 0.5) is 26.3 Å². The van der Waals surface area contributed by atoms with Crippen molar-refractivity contribution in [2.75, 3.05) is 0 Å². The number of carbonyl (C=O) groups excluding carboxylic acids is 1. The van der Waals surface area contributed by atoms with Crippen LogP contribution in [0, 0.1) is 0 Å². The minimum Gasteiger partial charge on any atom is -0.406 e. The van der Waals surface area contributed by atoms with Gasteiger partial charge in [0.05, 0.1) is 5.56 Å². The zero-order chi connectivity index (χ0) is 18.7. The lowest BCUT2D eigenvalue weighted by Crippen LogP contribution is -2.17. The minimum atomic E-state index is -4.91. The second-order valence-electron chi connectivity index (χ2n) is 4.95. The first kappa shape index (κ1) is 18.6. The van der Waals surface area contributed by atoms with Gasteiger partial charge in [-0.05, 0) is 41.5 Å². The molecule has 2 rings (SSSR count). The van der Waals surface area contributed by atoms with Crippen LogP contribution in [0.25, 0.3) is 12.2 Å². The van der Waals surface area contributed by atoms with Crippen molar-refractivity contribution < 1.29 is 35.9 Å². The molecule has 2 nitrogen and oxygen atoms in total. The van der Waals surface area contributed by atoms with E-state index in [1.807, 2.05) is 0 Å². The molecule has 0 aromatic heterocycles. The van der Waals surface area contributed by atoms with Crippen LogP contribution in [0.3, 0.4) is 0 Å². The maximum Gasteiger partial charge on any atom is 0.573 e. The van der Waals surface area contributed by atoms with Gasteiger partial charge in [-0.25, -0.2) is 0 Å². The Kier molecular flexibility index (Phi) is 5.20. The highest BCUT2D eigenvalue weighted by atomic mass is 19.4. The van der Waals surface area contributed by atoms with Gasteiger partial charge in [0.1, 0.15) is 12.0 Å². The molecular weight excluding hydrogens is 350 g/mol. The Labute approximate surface area is 138 Å². The van der Waals surface area contributed by atoms with E-state index in [1.165, 1.54) is 30.4 Å². The summed E-state index contributed by atoms with van der Waals surface area (Å²) in [6.45, 7) is 0. The fourth-order valence-corrected chi connectivity index (χ4v) is 1.98. The lowest BCUT2D eigenvalue weighted by Gasteiger charge is -2.10. The molecule has 0 atom stereocenters. The van der Waals surface area contributed by atoms with Gasteiger partial charge in [-0.1, -0.05) is 24.3 Å². The van der Waals surface area contributed by atoms with E-state index in [9.17, 15) is 31.1 Å². The summed E-state index contributed by atoms with van der Waals surface area (Å²) >= 11 is 0. The zero-order valence-electron chi connectivity index (χ0n) is 12.4. The molecule has 0 heterocycles. The Morgan fingerprint density at radius 1 is 0.760 bits per heavy atom. The average Bonchev–Trinajstić information content (AvgIpc) is 2.50. The SMILES string of the molecule is O=Cc1cc(/C=C/c2ccc(C(F)(F)F)cc2)cc(OC(F)(F)F)c1. The van der Waals surface area contributed by atoms with Crippen molar-refractivity contribution in [1.82, 2.24) is 0 Å². The molecule has 132 valence electrons. The molecule has 0 spiro atoms. The van der Waals surface area contributed by atoms with Crippen molar-refractivity contribution in [2.24, 2.45) is 0 Å². The number of rotatable bonds is 4. The smallest absolute Gasteiger partial charge is 0.406 e.